The Balaban J connectivity index is 1.63. The third-order valence-electron chi connectivity index (χ3n) is 3.71. The first-order chi connectivity index (χ1) is 13.6. The molecule has 0 unspecified atom stereocenters. The number of benzene rings is 2. The molecule has 7 nitrogen and oxygen atoms in total. The second-order valence-electron chi connectivity index (χ2n) is 5.61. The van der Waals surface area contributed by atoms with Gasteiger partial charge in [-0.25, -0.2) is 0 Å². The van der Waals surface area contributed by atoms with Crippen molar-refractivity contribution in [2.24, 2.45) is 0 Å². The molecule has 0 saturated heterocycles. The van der Waals surface area contributed by atoms with Gasteiger partial charge in [0.05, 0.1) is 29.3 Å². The van der Waals surface area contributed by atoms with Gasteiger partial charge in [-0.1, -0.05) is 47.4 Å². The van der Waals surface area contributed by atoms with Gasteiger partial charge in [-0.05, 0) is 31.2 Å². The lowest BCUT2D eigenvalue weighted by molar-refractivity contribution is -0.115. The van der Waals surface area contributed by atoms with Crippen LogP contribution in [0.1, 0.15) is 12.5 Å². The monoisotopic (exact) mass is 411 g/mol. The molecule has 0 spiro atoms. The number of anilines is 3. The molecule has 0 aliphatic heterocycles. The Kier molecular flexibility index (Phi) is 6.47. The van der Waals surface area contributed by atoms with E-state index in [1.165, 1.54) is 23.1 Å². The number of hydrogen-bond donors (Lipinski definition) is 2. The summed E-state index contributed by atoms with van der Waals surface area (Å²) in [5.74, 6) is 0.498. The van der Waals surface area contributed by atoms with E-state index >= 15 is 0 Å². The number of para-hydroxylation sites is 3. The SMILES string of the molecule is COc1ccccc1Nc1nnc(S[C@H](C)C(=O)Nc2ccccc2C#N)s1. The van der Waals surface area contributed by atoms with Gasteiger partial charge in [-0.15, -0.1) is 10.2 Å². The molecule has 1 amide bonds. The molecule has 3 aromatic rings. The number of nitriles is 1. The zero-order valence-electron chi connectivity index (χ0n) is 15.2. The highest BCUT2D eigenvalue weighted by Crippen LogP contribution is 2.33. The fourth-order valence-electron chi connectivity index (χ4n) is 2.30. The largest absolute Gasteiger partial charge is 0.495 e. The highest BCUT2D eigenvalue weighted by molar-refractivity contribution is 8.02. The van der Waals surface area contributed by atoms with E-state index in [-0.39, 0.29) is 5.91 Å². The first-order valence-electron chi connectivity index (χ1n) is 8.31. The van der Waals surface area contributed by atoms with Crippen LogP contribution < -0.4 is 15.4 Å². The zero-order valence-corrected chi connectivity index (χ0v) is 16.8. The van der Waals surface area contributed by atoms with Crippen molar-refractivity contribution in [1.82, 2.24) is 10.2 Å². The summed E-state index contributed by atoms with van der Waals surface area (Å²) < 4.78 is 5.97. The Morgan fingerprint density at radius 2 is 1.89 bits per heavy atom. The maximum absolute atomic E-state index is 12.4. The van der Waals surface area contributed by atoms with Crippen LogP contribution in [0.5, 0.6) is 5.75 Å². The number of hydrogen-bond acceptors (Lipinski definition) is 8. The van der Waals surface area contributed by atoms with Crippen molar-refractivity contribution in [3.63, 3.8) is 0 Å². The molecular weight excluding hydrogens is 394 g/mol. The first-order valence-corrected chi connectivity index (χ1v) is 10.0. The van der Waals surface area contributed by atoms with Crippen molar-refractivity contribution in [1.29, 1.82) is 5.26 Å². The van der Waals surface area contributed by atoms with Crippen molar-refractivity contribution in [2.45, 2.75) is 16.5 Å². The predicted octanol–water partition coefficient (Wildman–Crippen LogP) is 4.28. The quantitative estimate of drug-likeness (QED) is 0.560. The van der Waals surface area contributed by atoms with Gasteiger partial charge in [0, 0.05) is 0 Å². The van der Waals surface area contributed by atoms with Crippen LogP contribution in [0, 0.1) is 11.3 Å². The molecule has 0 bridgehead atoms. The van der Waals surface area contributed by atoms with Crippen LogP contribution >= 0.6 is 23.1 Å². The van der Waals surface area contributed by atoms with Gasteiger partial charge in [0.2, 0.25) is 11.0 Å². The molecule has 3 rings (SSSR count). The minimum absolute atomic E-state index is 0.206. The molecule has 2 aromatic carbocycles. The minimum atomic E-state index is -0.404. The highest BCUT2D eigenvalue weighted by atomic mass is 32.2. The van der Waals surface area contributed by atoms with E-state index in [2.05, 4.69) is 26.9 Å². The standard InChI is InChI=1S/C19H17N5O2S2/c1-12(17(25)21-14-8-4-3-7-13(14)11-20)27-19-24-23-18(28-19)22-15-9-5-6-10-16(15)26-2/h3-10,12H,1-2H3,(H,21,25)(H,22,23)/t12-/m1/s1. The van der Waals surface area contributed by atoms with Crippen LogP contribution in [0.25, 0.3) is 0 Å². The molecule has 142 valence electrons. The Hall–Kier alpha value is -3.09. The topological polar surface area (TPSA) is 99.9 Å². The molecule has 28 heavy (non-hydrogen) atoms. The summed E-state index contributed by atoms with van der Waals surface area (Å²) in [6, 6.07) is 16.5. The number of thioether (sulfide) groups is 1. The number of carbonyl (C=O) groups excluding carboxylic acids is 1. The van der Waals surface area contributed by atoms with Crippen molar-refractivity contribution in [3.05, 3.63) is 54.1 Å². The van der Waals surface area contributed by atoms with Crippen LogP contribution in [-0.2, 0) is 4.79 Å². The van der Waals surface area contributed by atoms with Crippen LogP contribution in [0.3, 0.4) is 0 Å². The van der Waals surface area contributed by atoms with Crippen molar-refractivity contribution >= 4 is 45.5 Å². The van der Waals surface area contributed by atoms with E-state index in [0.717, 1.165) is 5.69 Å². The third kappa shape index (κ3) is 4.79. The summed E-state index contributed by atoms with van der Waals surface area (Å²) in [4.78, 5) is 12.4. The second kappa shape index (κ2) is 9.21. The van der Waals surface area contributed by atoms with E-state index in [9.17, 15) is 4.79 Å². The van der Waals surface area contributed by atoms with Gasteiger partial charge in [-0.2, -0.15) is 5.26 Å². The van der Waals surface area contributed by atoms with Crippen LogP contribution in [0.15, 0.2) is 52.9 Å². The van der Waals surface area contributed by atoms with Gasteiger partial charge in [-0.3, -0.25) is 4.79 Å². The van der Waals surface area contributed by atoms with Gasteiger partial charge in [0.15, 0.2) is 4.34 Å². The molecule has 0 saturated carbocycles. The Morgan fingerprint density at radius 1 is 1.18 bits per heavy atom. The lowest BCUT2D eigenvalue weighted by atomic mass is 10.2. The lowest BCUT2D eigenvalue weighted by Crippen LogP contribution is -2.22. The Labute approximate surface area is 170 Å². The highest BCUT2D eigenvalue weighted by Gasteiger charge is 2.18. The fraction of sp³-hybridized carbons (Fsp3) is 0.158. The molecule has 9 heteroatoms. The molecule has 2 N–H and O–H groups in total. The average molecular weight is 412 g/mol. The summed E-state index contributed by atoms with van der Waals surface area (Å²) >= 11 is 2.65. The van der Waals surface area contributed by atoms with E-state index in [0.29, 0.717) is 26.5 Å². The molecule has 1 aromatic heterocycles. The second-order valence-corrected chi connectivity index (χ2v) is 8.17. The molecule has 1 heterocycles. The fourth-order valence-corrected chi connectivity index (χ4v) is 4.21. The van der Waals surface area contributed by atoms with E-state index in [1.54, 1.807) is 38.3 Å². The number of aromatic nitrogens is 2. The average Bonchev–Trinajstić information content (AvgIpc) is 3.15. The number of methoxy groups -OCH3 is 1. The van der Waals surface area contributed by atoms with E-state index in [1.807, 2.05) is 24.3 Å². The van der Waals surface area contributed by atoms with Gasteiger partial charge >= 0.3 is 0 Å². The zero-order chi connectivity index (χ0) is 19.9. The Bertz CT molecular complexity index is 1020. The van der Waals surface area contributed by atoms with Crippen molar-refractivity contribution in [3.8, 4) is 11.8 Å². The van der Waals surface area contributed by atoms with Crippen LogP contribution in [-0.4, -0.2) is 28.5 Å². The normalized spacial score (nSPS) is 11.3. The number of nitrogens with one attached hydrogen (secondary N) is 2. The smallest absolute Gasteiger partial charge is 0.237 e. The molecule has 0 fully saturated rings. The number of rotatable bonds is 7. The van der Waals surface area contributed by atoms with Gasteiger partial charge < -0.3 is 15.4 Å². The summed E-state index contributed by atoms with van der Waals surface area (Å²) in [7, 11) is 1.60. The van der Waals surface area contributed by atoms with E-state index in [4.69, 9.17) is 10.00 Å². The summed E-state index contributed by atoms with van der Waals surface area (Å²) in [5, 5.41) is 23.5. The molecular formula is C19H17N5O2S2. The maximum atomic E-state index is 12.4. The maximum Gasteiger partial charge on any atom is 0.237 e. The summed E-state index contributed by atoms with van der Waals surface area (Å²) in [6.07, 6.45) is 0. The van der Waals surface area contributed by atoms with Gasteiger partial charge in [0.1, 0.15) is 11.8 Å². The predicted molar refractivity (Wildman–Crippen MR) is 111 cm³/mol. The summed E-state index contributed by atoms with van der Waals surface area (Å²) in [6.45, 7) is 1.78. The number of nitrogens with zero attached hydrogens (tertiary/aromatic N) is 3. The summed E-state index contributed by atoms with van der Waals surface area (Å²) in [5.41, 5.74) is 1.71. The Morgan fingerprint density at radius 3 is 2.64 bits per heavy atom. The van der Waals surface area contributed by atoms with Crippen molar-refractivity contribution < 1.29 is 9.53 Å². The number of amides is 1. The first kappa shape index (κ1) is 19.7. The minimum Gasteiger partial charge on any atom is -0.495 e. The third-order valence-corrected chi connectivity index (χ3v) is 5.73. The number of carbonyl (C=O) groups is 1. The van der Waals surface area contributed by atoms with Crippen LogP contribution in [0.2, 0.25) is 0 Å². The number of ether oxygens (including phenoxy) is 1. The van der Waals surface area contributed by atoms with E-state index < -0.39 is 5.25 Å². The lowest BCUT2D eigenvalue weighted by Gasteiger charge is -2.11. The molecule has 1 atom stereocenters. The van der Waals surface area contributed by atoms with Gasteiger partial charge in [0.25, 0.3) is 0 Å². The molecule has 0 radical (unpaired) electrons. The molecule has 0 aliphatic rings. The van der Waals surface area contributed by atoms with Crippen LogP contribution in [0.4, 0.5) is 16.5 Å². The van der Waals surface area contributed by atoms with Crippen molar-refractivity contribution in [2.75, 3.05) is 17.7 Å². The molecule has 0 aliphatic carbocycles.